The molecule has 0 atom stereocenters. The average molecular weight is 285 g/mol. The molecule has 0 saturated heterocycles. The largest absolute Gasteiger partial charge is 0.477 e. The van der Waals surface area contributed by atoms with Crippen LogP contribution in [0.2, 0.25) is 0 Å². The van der Waals surface area contributed by atoms with Gasteiger partial charge in [-0.25, -0.2) is 4.79 Å². The number of rotatable bonds is 10. The van der Waals surface area contributed by atoms with E-state index >= 15 is 0 Å². The molecule has 1 rings (SSSR count). The van der Waals surface area contributed by atoms with Gasteiger partial charge in [0.15, 0.2) is 5.43 Å². The van der Waals surface area contributed by atoms with Crippen LogP contribution in [0.25, 0.3) is 0 Å². The highest BCUT2D eigenvalue weighted by atomic mass is 16.5. The zero-order valence-electron chi connectivity index (χ0n) is 11.4. The van der Waals surface area contributed by atoms with E-state index < -0.39 is 11.4 Å². The Kier molecular flexibility index (Phi) is 7.56. The van der Waals surface area contributed by atoms with Gasteiger partial charge < -0.3 is 23.9 Å². The lowest BCUT2D eigenvalue weighted by molar-refractivity contribution is 0.0230. The number of nitrogens with zero attached hydrogens (tertiary/aromatic N) is 1. The van der Waals surface area contributed by atoms with Crippen molar-refractivity contribution in [3.63, 3.8) is 0 Å². The van der Waals surface area contributed by atoms with Crippen molar-refractivity contribution in [1.29, 1.82) is 0 Å². The van der Waals surface area contributed by atoms with Crippen LogP contribution < -0.4 is 5.43 Å². The zero-order valence-corrected chi connectivity index (χ0v) is 11.4. The van der Waals surface area contributed by atoms with Gasteiger partial charge in [0.05, 0.1) is 33.0 Å². The topological polar surface area (TPSA) is 87.0 Å². The van der Waals surface area contributed by atoms with Gasteiger partial charge in [0, 0.05) is 32.1 Å². The molecule has 0 aromatic carbocycles. The summed E-state index contributed by atoms with van der Waals surface area (Å²) in [4.78, 5) is 22.1. The van der Waals surface area contributed by atoms with E-state index in [2.05, 4.69) is 0 Å². The van der Waals surface area contributed by atoms with Gasteiger partial charge in [0.25, 0.3) is 0 Å². The maximum atomic E-state index is 11.3. The highest BCUT2D eigenvalue weighted by Gasteiger charge is 2.07. The first-order valence-electron chi connectivity index (χ1n) is 6.23. The van der Waals surface area contributed by atoms with Gasteiger partial charge in [-0.15, -0.1) is 0 Å². The van der Waals surface area contributed by atoms with Crippen molar-refractivity contribution in [1.82, 2.24) is 4.57 Å². The van der Waals surface area contributed by atoms with Crippen LogP contribution in [0.1, 0.15) is 10.4 Å². The SMILES string of the molecule is COCCOCCOCCn1ccc(=O)c(C(=O)O)c1. The summed E-state index contributed by atoms with van der Waals surface area (Å²) < 4.78 is 17.0. The molecule has 0 saturated carbocycles. The molecular weight excluding hydrogens is 266 g/mol. The van der Waals surface area contributed by atoms with Gasteiger partial charge in [0.2, 0.25) is 0 Å². The van der Waals surface area contributed by atoms with Crippen molar-refractivity contribution in [3.8, 4) is 0 Å². The van der Waals surface area contributed by atoms with Crippen molar-refractivity contribution in [2.75, 3.05) is 40.1 Å². The summed E-state index contributed by atoms with van der Waals surface area (Å²) in [5.74, 6) is -1.23. The molecule has 0 aliphatic carbocycles. The quantitative estimate of drug-likeness (QED) is 0.619. The number of carboxylic acids is 1. The summed E-state index contributed by atoms with van der Waals surface area (Å²) in [5.41, 5.74) is -0.739. The molecule has 1 aromatic rings. The molecule has 7 nitrogen and oxygen atoms in total. The first-order valence-corrected chi connectivity index (χ1v) is 6.23. The fraction of sp³-hybridized carbons (Fsp3) is 0.538. The zero-order chi connectivity index (χ0) is 14.8. The van der Waals surface area contributed by atoms with Gasteiger partial charge in [-0.1, -0.05) is 0 Å². The second-order valence-electron chi connectivity index (χ2n) is 3.98. The first kappa shape index (κ1) is 16.4. The van der Waals surface area contributed by atoms with Gasteiger partial charge >= 0.3 is 5.97 Å². The third kappa shape index (κ3) is 5.96. The third-order valence-electron chi connectivity index (χ3n) is 2.51. The molecule has 0 bridgehead atoms. The Labute approximate surface area is 116 Å². The summed E-state index contributed by atoms with van der Waals surface area (Å²) in [5, 5.41) is 8.83. The molecule has 0 aliphatic heterocycles. The number of hydrogen-bond acceptors (Lipinski definition) is 5. The maximum absolute atomic E-state index is 11.3. The van der Waals surface area contributed by atoms with E-state index in [1.807, 2.05) is 0 Å². The minimum atomic E-state index is -1.23. The Hall–Kier alpha value is -1.70. The van der Waals surface area contributed by atoms with Crippen LogP contribution in [-0.2, 0) is 20.8 Å². The highest BCUT2D eigenvalue weighted by molar-refractivity contribution is 5.86. The van der Waals surface area contributed by atoms with E-state index in [9.17, 15) is 9.59 Å². The smallest absolute Gasteiger partial charge is 0.341 e. The number of carboxylic acid groups (broad SMARTS) is 1. The first-order chi connectivity index (χ1) is 9.65. The number of ether oxygens (including phenoxy) is 3. The molecule has 0 fully saturated rings. The van der Waals surface area contributed by atoms with Crippen LogP contribution in [-0.4, -0.2) is 55.8 Å². The van der Waals surface area contributed by atoms with Crippen LogP contribution in [0.5, 0.6) is 0 Å². The van der Waals surface area contributed by atoms with Gasteiger partial charge in [-0.3, -0.25) is 4.79 Å². The van der Waals surface area contributed by atoms with Crippen molar-refractivity contribution >= 4 is 5.97 Å². The number of methoxy groups -OCH3 is 1. The van der Waals surface area contributed by atoms with E-state index in [-0.39, 0.29) is 5.56 Å². The van der Waals surface area contributed by atoms with Crippen LogP contribution in [0, 0.1) is 0 Å². The summed E-state index contributed by atoms with van der Waals surface area (Å²) in [7, 11) is 1.61. The Balaban J connectivity index is 2.24. The number of aromatic carboxylic acids is 1. The predicted octanol–water partition coefficient (Wildman–Crippen LogP) is 0.226. The number of carbonyl (C=O) groups is 1. The second kappa shape index (κ2) is 9.24. The Morgan fingerprint density at radius 1 is 1.20 bits per heavy atom. The normalized spacial score (nSPS) is 10.7. The minimum Gasteiger partial charge on any atom is -0.477 e. The van der Waals surface area contributed by atoms with Crippen LogP contribution in [0.4, 0.5) is 0 Å². The standard InChI is InChI=1S/C13H19NO6/c1-18-6-7-20-9-8-19-5-4-14-3-2-12(15)11(10-14)13(16)17/h2-3,10H,4-9H2,1H3,(H,16,17). The fourth-order valence-corrected chi connectivity index (χ4v) is 1.46. The van der Waals surface area contributed by atoms with E-state index in [1.165, 1.54) is 18.5 Å². The van der Waals surface area contributed by atoms with E-state index in [0.29, 0.717) is 39.6 Å². The Bertz CT molecular complexity index is 470. The predicted molar refractivity (Wildman–Crippen MR) is 71.2 cm³/mol. The molecule has 20 heavy (non-hydrogen) atoms. The fourth-order valence-electron chi connectivity index (χ4n) is 1.46. The van der Waals surface area contributed by atoms with Gasteiger partial charge in [-0.2, -0.15) is 0 Å². The van der Waals surface area contributed by atoms with E-state index in [0.717, 1.165) is 0 Å². The van der Waals surface area contributed by atoms with Crippen LogP contribution in [0.15, 0.2) is 23.3 Å². The number of aromatic nitrogens is 1. The lowest BCUT2D eigenvalue weighted by Gasteiger charge is -2.08. The summed E-state index contributed by atoms with van der Waals surface area (Å²) in [6.07, 6.45) is 2.84. The molecule has 1 aromatic heterocycles. The molecule has 0 spiro atoms. The molecule has 1 heterocycles. The Morgan fingerprint density at radius 2 is 1.85 bits per heavy atom. The van der Waals surface area contributed by atoms with Gasteiger partial charge in [0.1, 0.15) is 5.56 Å². The molecule has 1 N–H and O–H groups in total. The van der Waals surface area contributed by atoms with Crippen LogP contribution >= 0.6 is 0 Å². The Morgan fingerprint density at radius 3 is 2.50 bits per heavy atom. The maximum Gasteiger partial charge on any atom is 0.341 e. The lowest BCUT2D eigenvalue weighted by atomic mass is 10.3. The molecule has 112 valence electrons. The van der Waals surface area contributed by atoms with Crippen molar-refractivity contribution in [3.05, 3.63) is 34.2 Å². The van der Waals surface area contributed by atoms with E-state index in [4.69, 9.17) is 19.3 Å². The number of pyridine rings is 1. The molecular formula is C13H19NO6. The van der Waals surface area contributed by atoms with Crippen molar-refractivity contribution in [2.45, 2.75) is 6.54 Å². The third-order valence-corrected chi connectivity index (χ3v) is 2.51. The summed E-state index contributed by atoms with van der Waals surface area (Å²) in [6.45, 7) is 2.90. The molecule has 7 heteroatoms. The summed E-state index contributed by atoms with van der Waals surface area (Å²) in [6, 6.07) is 1.23. The van der Waals surface area contributed by atoms with Gasteiger partial charge in [-0.05, 0) is 0 Å². The lowest BCUT2D eigenvalue weighted by Crippen LogP contribution is -2.18. The minimum absolute atomic E-state index is 0.240. The average Bonchev–Trinajstić information content (AvgIpc) is 2.43. The van der Waals surface area contributed by atoms with E-state index in [1.54, 1.807) is 11.7 Å². The molecule has 0 radical (unpaired) electrons. The molecule has 0 amide bonds. The van der Waals surface area contributed by atoms with Crippen molar-refractivity contribution in [2.24, 2.45) is 0 Å². The summed E-state index contributed by atoms with van der Waals surface area (Å²) >= 11 is 0. The monoisotopic (exact) mass is 285 g/mol. The van der Waals surface area contributed by atoms with Crippen LogP contribution in [0.3, 0.4) is 0 Å². The van der Waals surface area contributed by atoms with Crippen molar-refractivity contribution < 1.29 is 24.1 Å². The number of hydrogen-bond donors (Lipinski definition) is 1. The second-order valence-corrected chi connectivity index (χ2v) is 3.98. The highest BCUT2D eigenvalue weighted by Crippen LogP contribution is 1.94. The molecule has 0 unspecified atom stereocenters. The molecule has 0 aliphatic rings.